The molecule has 42 heavy (non-hydrogen) atoms. The van der Waals surface area contributed by atoms with Crippen molar-refractivity contribution in [2.24, 2.45) is 5.73 Å². The molecule has 1 aliphatic rings. The Morgan fingerprint density at radius 2 is 1.83 bits per heavy atom. The molecule has 2 heterocycles. The molecule has 0 bridgehead atoms. The molecule has 0 radical (unpaired) electrons. The van der Waals surface area contributed by atoms with Gasteiger partial charge in [0.05, 0.1) is 12.1 Å². The molecular formula is C28H25F3N4O6S. The lowest BCUT2D eigenvalue weighted by atomic mass is 10.0. The van der Waals surface area contributed by atoms with E-state index in [2.05, 4.69) is 11.1 Å². The van der Waals surface area contributed by atoms with Crippen molar-refractivity contribution in [1.82, 2.24) is 9.88 Å². The number of rotatable bonds is 6. The second kappa shape index (κ2) is 12.1. The molecule has 220 valence electrons. The van der Waals surface area contributed by atoms with Crippen molar-refractivity contribution in [2.45, 2.75) is 42.4 Å². The normalized spacial score (nSPS) is 16.0. The minimum atomic E-state index is -5.08. The second-order valence-corrected chi connectivity index (χ2v) is 11.0. The summed E-state index contributed by atoms with van der Waals surface area (Å²) in [7, 11) is -4.05. The average molecular weight is 603 g/mol. The Bertz CT molecular complexity index is 1780. The van der Waals surface area contributed by atoms with E-state index >= 15 is 0 Å². The maximum atomic E-state index is 13.0. The van der Waals surface area contributed by atoms with Crippen LogP contribution < -0.4 is 9.92 Å². The lowest BCUT2D eigenvalue weighted by Gasteiger charge is -2.23. The highest BCUT2D eigenvalue weighted by molar-refractivity contribution is 7.87. The van der Waals surface area contributed by atoms with Crippen LogP contribution in [0.3, 0.4) is 0 Å². The van der Waals surface area contributed by atoms with E-state index in [0.717, 1.165) is 33.7 Å². The number of aromatic nitrogens is 1. The molecule has 0 unspecified atom stereocenters. The first-order chi connectivity index (χ1) is 19.8. The number of alkyl halides is 3. The SMILES string of the molecule is N#C[C@@H]1CCCN1C(=O)[C@@H](N)Cc1c[nH]c2ccc(OS(=O)(=O)c3ccc4ccccc4c3)cc12.O=C(O)C(F)(F)F. The monoisotopic (exact) mass is 602 g/mol. The summed E-state index contributed by atoms with van der Waals surface area (Å²) in [6.45, 7) is 0.531. The summed E-state index contributed by atoms with van der Waals surface area (Å²) < 4.78 is 63.1. The number of carboxylic acid groups (broad SMARTS) is 1. The minimum Gasteiger partial charge on any atom is -0.475 e. The lowest BCUT2D eigenvalue weighted by molar-refractivity contribution is -0.192. The number of amides is 1. The molecular weight excluding hydrogens is 577 g/mol. The summed E-state index contributed by atoms with van der Waals surface area (Å²) in [5.74, 6) is -2.85. The van der Waals surface area contributed by atoms with Crippen LogP contribution in [0.15, 0.2) is 71.8 Å². The van der Waals surface area contributed by atoms with Gasteiger partial charge in [-0.05, 0) is 65.9 Å². The number of carboxylic acids is 1. The number of aliphatic carboxylic acids is 1. The molecule has 0 aliphatic carbocycles. The third-order valence-corrected chi connectivity index (χ3v) is 7.88. The average Bonchev–Trinajstić information content (AvgIpc) is 3.59. The number of nitriles is 1. The van der Waals surface area contributed by atoms with Crippen LogP contribution in [0.4, 0.5) is 13.2 Å². The number of carbonyl (C=O) groups is 2. The van der Waals surface area contributed by atoms with Gasteiger partial charge in [-0.3, -0.25) is 4.79 Å². The molecule has 1 fully saturated rings. The van der Waals surface area contributed by atoms with Gasteiger partial charge in [-0.25, -0.2) is 4.79 Å². The topological polar surface area (TPSA) is 167 Å². The summed E-state index contributed by atoms with van der Waals surface area (Å²) in [5, 5.41) is 18.9. The Hall–Kier alpha value is -4.61. The predicted molar refractivity (Wildman–Crippen MR) is 146 cm³/mol. The van der Waals surface area contributed by atoms with E-state index < -0.39 is 34.3 Å². The molecule has 1 aliphatic heterocycles. The van der Waals surface area contributed by atoms with Gasteiger partial charge in [0, 0.05) is 23.6 Å². The highest BCUT2D eigenvalue weighted by Crippen LogP contribution is 2.28. The first-order valence-corrected chi connectivity index (χ1v) is 14.0. The van der Waals surface area contributed by atoms with Crippen molar-refractivity contribution in [3.8, 4) is 11.8 Å². The van der Waals surface area contributed by atoms with E-state index in [9.17, 15) is 31.6 Å². The van der Waals surface area contributed by atoms with E-state index in [1.165, 1.54) is 6.07 Å². The van der Waals surface area contributed by atoms with Gasteiger partial charge in [0.2, 0.25) is 5.91 Å². The van der Waals surface area contributed by atoms with E-state index in [4.69, 9.17) is 19.8 Å². The highest BCUT2D eigenvalue weighted by Gasteiger charge is 2.38. The van der Waals surface area contributed by atoms with Gasteiger partial charge in [-0.2, -0.15) is 26.9 Å². The summed E-state index contributed by atoms with van der Waals surface area (Å²) >= 11 is 0. The summed E-state index contributed by atoms with van der Waals surface area (Å²) in [6.07, 6.45) is -1.63. The predicted octanol–water partition coefficient (Wildman–Crippen LogP) is 4.11. The summed E-state index contributed by atoms with van der Waals surface area (Å²) in [6, 6.07) is 18.2. The Kier molecular flexibility index (Phi) is 8.74. The number of halogens is 3. The maximum Gasteiger partial charge on any atom is 0.490 e. The number of fused-ring (bicyclic) bond motifs is 2. The van der Waals surface area contributed by atoms with Crippen LogP contribution in [0.1, 0.15) is 18.4 Å². The lowest BCUT2D eigenvalue weighted by Crippen LogP contribution is -2.46. The number of benzene rings is 3. The molecule has 0 spiro atoms. The Balaban J connectivity index is 0.000000517. The zero-order chi connectivity index (χ0) is 30.7. The van der Waals surface area contributed by atoms with Crippen molar-refractivity contribution in [3.63, 3.8) is 0 Å². The van der Waals surface area contributed by atoms with Crippen LogP contribution in [0.5, 0.6) is 5.75 Å². The fourth-order valence-electron chi connectivity index (χ4n) is 4.58. The van der Waals surface area contributed by atoms with Crippen molar-refractivity contribution >= 4 is 43.7 Å². The molecule has 14 heteroatoms. The van der Waals surface area contributed by atoms with Crippen LogP contribution in [-0.4, -0.2) is 60.1 Å². The maximum absolute atomic E-state index is 13.0. The van der Waals surface area contributed by atoms with E-state index in [-0.39, 0.29) is 23.0 Å². The number of aromatic amines is 1. The van der Waals surface area contributed by atoms with Crippen LogP contribution in [0.2, 0.25) is 0 Å². The van der Waals surface area contributed by atoms with Gasteiger partial charge in [-0.15, -0.1) is 0 Å². The van der Waals surface area contributed by atoms with E-state index in [1.807, 2.05) is 24.3 Å². The molecule has 1 saturated heterocycles. The number of nitrogens with two attached hydrogens (primary N) is 1. The van der Waals surface area contributed by atoms with Gasteiger partial charge < -0.3 is 24.9 Å². The van der Waals surface area contributed by atoms with Gasteiger partial charge in [0.15, 0.2) is 0 Å². The molecule has 4 aromatic rings. The van der Waals surface area contributed by atoms with Gasteiger partial charge in [-0.1, -0.05) is 30.3 Å². The van der Waals surface area contributed by atoms with Gasteiger partial charge >= 0.3 is 22.3 Å². The van der Waals surface area contributed by atoms with E-state index in [1.54, 1.807) is 41.4 Å². The molecule has 0 saturated carbocycles. The number of hydrogen-bond acceptors (Lipinski definition) is 7. The van der Waals surface area contributed by atoms with Crippen molar-refractivity contribution in [3.05, 3.63) is 72.4 Å². The van der Waals surface area contributed by atoms with Crippen LogP contribution in [0.25, 0.3) is 21.7 Å². The van der Waals surface area contributed by atoms with Crippen molar-refractivity contribution < 1.29 is 40.5 Å². The standard InChI is InChI=1S/C26H24N4O4S.C2HF3O2/c27-15-20-6-3-11-30(20)26(31)24(28)13-19-16-29-25-10-8-21(14-23(19)25)34-35(32,33)22-9-7-17-4-1-2-5-18(17)12-22;3-2(4,5)1(6)7/h1-2,4-5,7-10,12,14,16,20,24,29H,3,6,11,13,28H2;(H,6,7)/t20-,24-;/m0./s1. The fraction of sp³-hybridized carbons (Fsp3) is 0.250. The number of likely N-dealkylation sites (tertiary alicyclic amines) is 1. The number of hydrogen-bond donors (Lipinski definition) is 3. The molecule has 3 aromatic carbocycles. The molecule has 2 atom stereocenters. The Labute approximate surface area is 238 Å². The van der Waals surface area contributed by atoms with Crippen LogP contribution in [0, 0.1) is 11.3 Å². The van der Waals surface area contributed by atoms with Crippen LogP contribution in [-0.2, 0) is 26.1 Å². The number of nitrogens with one attached hydrogen (secondary N) is 1. The van der Waals surface area contributed by atoms with Gasteiger partial charge in [0.1, 0.15) is 16.7 Å². The van der Waals surface area contributed by atoms with Crippen LogP contribution >= 0.6 is 0 Å². The molecule has 4 N–H and O–H groups in total. The Morgan fingerprint density at radius 3 is 2.50 bits per heavy atom. The van der Waals surface area contributed by atoms with Crippen molar-refractivity contribution in [2.75, 3.05) is 6.54 Å². The third-order valence-electron chi connectivity index (χ3n) is 6.64. The largest absolute Gasteiger partial charge is 0.490 e. The van der Waals surface area contributed by atoms with E-state index in [0.29, 0.717) is 13.0 Å². The highest BCUT2D eigenvalue weighted by atomic mass is 32.2. The summed E-state index contributed by atoms with van der Waals surface area (Å²) in [4.78, 5) is 26.5. The molecule has 1 aromatic heterocycles. The first-order valence-electron chi connectivity index (χ1n) is 12.6. The Morgan fingerprint density at radius 1 is 1.14 bits per heavy atom. The fourth-order valence-corrected chi connectivity index (χ4v) is 5.54. The quantitative estimate of drug-likeness (QED) is 0.277. The molecule has 1 amide bonds. The molecule has 5 rings (SSSR count). The second-order valence-electron chi connectivity index (χ2n) is 9.50. The van der Waals surface area contributed by atoms with Gasteiger partial charge in [0.25, 0.3) is 0 Å². The number of carbonyl (C=O) groups excluding carboxylic acids is 1. The first kappa shape index (κ1) is 30.4. The third kappa shape index (κ3) is 6.81. The number of H-pyrrole nitrogens is 1. The summed E-state index contributed by atoms with van der Waals surface area (Å²) in [5.41, 5.74) is 7.75. The minimum absolute atomic E-state index is 0.0656. The zero-order valence-electron chi connectivity index (χ0n) is 21.8. The number of nitrogens with zero attached hydrogens (tertiary/aromatic N) is 2. The molecule has 10 nitrogen and oxygen atoms in total. The smallest absolute Gasteiger partial charge is 0.475 e. The zero-order valence-corrected chi connectivity index (χ0v) is 22.7. The van der Waals surface area contributed by atoms with Crippen molar-refractivity contribution in [1.29, 1.82) is 5.26 Å².